The zero-order chi connectivity index (χ0) is 17.3. The minimum Gasteiger partial charge on any atom is -0.379 e. The van der Waals surface area contributed by atoms with Crippen LogP contribution in [0, 0.1) is 5.92 Å². The van der Waals surface area contributed by atoms with Gasteiger partial charge >= 0.3 is 0 Å². The molecular formula is C20H39IN4O. The molecule has 1 unspecified atom stereocenters. The van der Waals surface area contributed by atoms with E-state index in [0.29, 0.717) is 6.04 Å². The summed E-state index contributed by atoms with van der Waals surface area (Å²) in [5.41, 5.74) is 0. The second-order valence-corrected chi connectivity index (χ2v) is 8.05. The SMILES string of the molecule is CCNC(=NCCOCC1CC1)NC1CCCN(C2CCCCC2)C1.I. The maximum atomic E-state index is 5.70. The van der Waals surface area contributed by atoms with E-state index in [-0.39, 0.29) is 24.0 Å². The number of nitrogens with zero attached hydrogens (tertiary/aromatic N) is 2. The Kier molecular flexibility index (Phi) is 10.6. The first kappa shape index (κ1) is 22.2. The monoisotopic (exact) mass is 478 g/mol. The van der Waals surface area contributed by atoms with Crippen LogP contribution in [-0.4, -0.2) is 62.3 Å². The van der Waals surface area contributed by atoms with Gasteiger partial charge in [0.2, 0.25) is 0 Å². The molecule has 3 fully saturated rings. The van der Waals surface area contributed by atoms with Crippen LogP contribution in [0.3, 0.4) is 0 Å². The molecule has 1 aliphatic heterocycles. The van der Waals surface area contributed by atoms with Gasteiger partial charge in [0.1, 0.15) is 0 Å². The summed E-state index contributed by atoms with van der Waals surface area (Å²) < 4.78 is 5.70. The molecule has 2 N–H and O–H groups in total. The Morgan fingerprint density at radius 2 is 1.88 bits per heavy atom. The Morgan fingerprint density at radius 1 is 1.08 bits per heavy atom. The van der Waals surface area contributed by atoms with Crippen LogP contribution >= 0.6 is 24.0 Å². The van der Waals surface area contributed by atoms with Gasteiger partial charge in [-0.15, -0.1) is 24.0 Å². The molecule has 0 spiro atoms. The number of halogens is 1. The molecule has 2 aliphatic carbocycles. The third kappa shape index (κ3) is 7.89. The summed E-state index contributed by atoms with van der Waals surface area (Å²) in [4.78, 5) is 7.45. The van der Waals surface area contributed by atoms with Crippen LogP contribution in [0.2, 0.25) is 0 Å². The molecule has 0 bridgehead atoms. The van der Waals surface area contributed by atoms with Gasteiger partial charge in [0.25, 0.3) is 0 Å². The van der Waals surface area contributed by atoms with Crippen LogP contribution in [0.4, 0.5) is 0 Å². The highest BCUT2D eigenvalue weighted by molar-refractivity contribution is 14.0. The molecule has 0 aromatic heterocycles. The summed E-state index contributed by atoms with van der Waals surface area (Å²) in [6, 6.07) is 1.36. The lowest BCUT2D eigenvalue weighted by Gasteiger charge is -2.40. The van der Waals surface area contributed by atoms with Crippen LogP contribution in [-0.2, 0) is 4.74 Å². The topological polar surface area (TPSA) is 48.9 Å². The Morgan fingerprint density at radius 3 is 2.62 bits per heavy atom. The van der Waals surface area contributed by atoms with Gasteiger partial charge in [0.05, 0.1) is 13.2 Å². The first-order chi connectivity index (χ1) is 12.3. The highest BCUT2D eigenvalue weighted by Crippen LogP contribution is 2.28. The molecule has 5 nitrogen and oxygen atoms in total. The largest absolute Gasteiger partial charge is 0.379 e. The van der Waals surface area contributed by atoms with Crippen LogP contribution in [0.15, 0.2) is 4.99 Å². The molecular weight excluding hydrogens is 439 g/mol. The molecule has 152 valence electrons. The van der Waals surface area contributed by atoms with Crippen LogP contribution in [0.25, 0.3) is 0 Å². The number of piperidine rings is 1. The fourth-order valence-electron chi connectivity index (χ4n) is 4.17. The smallest absolute Gasteiger partial charge is 0.191 e. The molecule has 2 saturated carbocycles. The highest BCUT2D eigenvalue weighted by Gasteiger charge is 2.27. The van der Waals surface area contributed by atoms with Crippen molar-refractivity contribution >= 4 is 29.9 Å². The lowest BCUT2D eigenvalue weighted by molar-refractivity contribution is 0.115. The van der Waals surface area contributed by atoms with E-state index in [1.807, 2.05) is 0 Å². The fourth-order valence-corrected chi connectivity index (χ4v) is 4.17. The number of likely N-dealkylation sites (tertiary alicyclic amines) is 1. The van der Waals surface area contributed by atoms with Gasteiger partial charge in [-0.05, 0) is 57.9 Å². The van der Waals surface area contributed by atoms with Crippen molar-refractivity contribution < 1.29 is 4.74 Å². The highest BCUT2D eigenvalue weighted by atomic mass is 127. The molecule has 3 rings (SSSR count). The average Bonchev–Trinajstić information content (AvgIpc) is 3.47. The van der Waals surface area contributed by atoms with Gasteiger partial charge in [-0.1, -0.05) is 19.3 Å². The van der Waals surface area contributed by atoms with Crippen molar-refractivity contribution in [3.8, 4) is 0 Å². The number of guanidine groups is 1. The number of rotatable bonds is 8. The number of aliphatic imine (C=N–C) groups is 1. The van der Waals surface area contributed by atoms with Gasteiger partial charge in [0, 0.05) is 31.8 Å². The molecule has 1 atom stereocenters. The molecule has 0 aromatic carbocycles. The van der Waals surface area contributed by atoms with Crippen molar-refractivity contribution in [3.63, 3.8) is 0 Å². The van der Waals surface area contributed by atoms with Crippen molar-refractivity contribution in [2.45, 2.75) is 76.8 Å². The number of nitrogens with one attached hydrogen (secondary N) is 2. The number of hydrogen-bond donors (Lipinski definition) is 2. The summed E-state index contributed by atoms with van der Waals surface area (Å²) >= 11 is 0. The lowest BCUT2D eigenvalue weighted by atomic mass is 9.92. The van der Waals surface area contributed by atoms with Crippen LogP contribution in [0.5, 0.6) is 0 Å². The minimum absolute atomic E-state index is 0. The quantitative estimate of drug-likeness (QED) is 0.243. The summed E-state index contributed by atoms with van der Waals surface area (Å²) in [7, 11) is 0. The molecule has 6 heteroatoms. The van der Waals surface area contributed by atoms with Gasteiger partial charge in [-0.3, -0.25) is 9.89 Å². The predicted molar refractivity (Wildman–Crippen MR) is 120 cm³/mol. The Labute approximate surface area is 177 Å². The molecule has 1 saturated heterocycles. The number of hydrogen-bond acceptors (Lipinski definition) is 3. The summed E-state index contributed by atoms with van der Waals surface area (Å²) in [5.74, 6) is 1.80. The molecule has 3 aliphatic rings. The predicted octanol–water partition coefficient (Wildman–Crippen LogP) is 3.38. The van der Waals surface area contributed by atoms with E-state index >= 15 is 0 Å². The van der Waals surface area contributed by atoms with Crippen LogP contribution in [0.1, 0.15) is 64.7 Å². The third-order valence-electron chi connectivity index (χ3n) is 5.78. The molecule has 0 amide bonds. The maximum Gasteiger partial charge on any atom is 0.191 e. The van der Waals surface area contributed by atoms with Crippen molar-refractivity contribution in [1.29, 1.82) is 0 Å². The van der Waals surface area contributed by atoms with E-state index in [4.69, 9.17) is 9.73 Å². The lowest BCUT2D eigenvalue weighted by Crippen LogP contribution is -2.53. The first-order valence-corrected chi connectivity index (χ1v) is 10.7. The summed E-state index contributed by atoms with van der Waals surface area (Å²) in [6.45, 7) is 7.92. The Bertz CT molecular complexity index is 411. The molecule has 0 aromatic rings. The minimum atomic E-state index is 0. The van der Waals surface area contributed by atoms with Crippen molar-refractivity contribution in [2.24, 2.45) is 10.9 Å². The van der Waals surface area contributed by atoms with E-state index in [9.17, 15) is 0 Å². The van der Waals surface area contributed by atoms with Gasteiger partial charge < -0.3 is 15.4 Å². The fraction of sp³-hybridized carbons (Fsp3) is 0.950. The average molecular weight is 478 g/mol. The van der Waals surface area contributed by atoms with Crippen molar-refractivity contribution in [1.82, 2.24) is 15.5 Å². The van der Waals surface area contributed by atoms with E-state index in [2.05, 4.69) is 22.5 Å². The van der Waals surface area contributed by atoms with Crippen molar-refractivity contribution in [3.05, 3.63) is 0 Å². The van der Waals surface area contributed by atoms with Crippen molar-refractivity contribution in [2.75, 3.05) is 39.4 Å². The second-order valence-electron chi connectivity index (χ2n) is 8.05. The second kappa shape index (κ2) is 12.4. The Hall–Kier alpha value is -0.0800. The molecule has 26 heavy (non-hydrogen) atoms. The third-order valence-corrected chi connectivity index (χ3v) is 5.78. The summed E-state index contributed by atoms with van der Waals surface area (Å²) in [5, 5.41) is 7.08. The normalized spacial score (nSPS) is 25.6. The summed E-state index contributed by atoms with van der Waals surface area (Å²) in [6.07, 6.45) is 12.3. The molecule has 0 radical (unpaired) electrons. The maximum absolute atomic E-state index is 5.70. The zero-order valence-corrected chi connectivity index (χ0v) is 18.9. The zero-order valence-electron chi connectivity index (χ0n) is 16.5. The van der Waals surface area contributed by atoms with E-state index < -0.39 is 0 Å². The van der Waals surface area contributed by atoms with Gasteiger partial charge in [-0.2, -0.15) is 0 Å². The van der Waals surface area contributed by atoms with Gasteiger partial charge in [-0.25, -0.2) is 0 Å². The van der Waals surface area contributed by atoms with E-state index in [1.165, 1.54) is 70.9 Å². The first-order valence-electron chi connectivity index (χ1n) is 10.7. The number of ether oxygens (including phenoxy) is 1. The standard InChI is InChI=1S/C20H38N4O.HI/c1-2-21-20(22-12-14-25-16-17-10-11-17)23-18-7-6-13-24(15-18)19-8-4-3-5-9-19;/h17-19H,2-16H2,1H3,(H2,21,22,23);1H. The van der Waals surface area contributed by atoms with Crippen LogP contribution < -0.4 is 10.6 Å². The van der Waals surface area contributed by atoms with Gasteiger partial charge in [0.15, 0.2) is 5.96 Å². The van der Waals surface area contributed by atoms with E-state index in [1.54, 1.807) is 0 Å². The molecule has 1 heterocycles. The Balaban J connectivity index is 0.00000243. The van der Waals surface area contributed by atoms with E-state index in [0.717, 1.165) is 44.2 Å².